The molecule has 1 saturated heterocycles. The van der Waals surface area contributed by atoms with E-state index >= 15 is 0 Å². The highest BCUT2D eigenvalue weighted by Gasteiger charge is 2.22. The quantitative estimate of drug-likeness (QED) is 0.760. The maximum Gasteiger partial charge on any atom is 0.127 e. The number of nitrogens with zero attached hydrogens (tertiary/aromatic N) is 1. The molecule has 21 heavy (non-hydrogen) atoms. The van der Waals surface area contributed by atoms with Gasteiger partial charge in [0.2, 0.25) is 0 Å². The number of pyridine rings is 1. The number of benzene rings is 1. The number of aromatic nitrogens is 1. The fourth-order valence-corrected chi connectivity index (χ4v) is 3.22. The van der Waals surface area contributed by atoms with Gasteiger partial charge in [0.15, 0.2) is 0 Å². The van der Waals surface area contributed by atoms with Crippen LogP contribution in [0.1, 0.15) is 12.0 Å². The number of aliphatic hydroxyl groups is 1. The standard InChI is InChI=1S/C16H21N3OS/c1-10-7-16(18-13-5-6-17-9-15(13)20)19-14-8-11(21-2)3-4-12(10)14/h3-4,7-8,13,15,17,20H,5-6,9H2,1-2H3,(H,18,19)/t13-,15-/m1/s1. The van der Waals surface area contributed by atoms with E-state index in [0.717, 1.165) is 24.3 Å². The maximum atomic E-state index is 10.0. The molecule has 0 saturated carbocycles. The fraction of sp³-hybridized carbons (Fsp3) is 0.438. The van der Waals surface area contributed by atoms with Gasteiger partial charge in [-0.15, -0.1) is 11.8 Å². The van der Waals surface area contributed by atoms with Crippen LogP contribution in [0.2, 0.25) is 0 Å². The molecule has 2 heterocycles. The van der Waals surface area contributed by atoms with Gasteiger partial charge in [0.05, 0.1) is 17.7 Å². The minimum Gasteiger partial charge on any atom is -0.390 e. The zero-order chi connectivity index (χ0) is 14.8. The van der Waals surface area contributed by atoms with E-state index in [1.807, 2.05) is 0 Å². The van der Waals surface area contributed by atoms with Gasteiger partial charge in [-0.05, 0) is 49.9 Å². The molecule has 0 aliphatic carbocycles. The Morgan fingerprint density at radius 2 is 2.24 bits per heavy atom. The molecule has 4 nitrogen and oxygen atoms in total. The largest absolute Gasteiger partial charge is 0.390 e. The van der Waals surface area contributed by atoms with Gasteiger partial charge >= 0.3 is 0 Å². The number of thioether (sulfide) groups is 1. The van der Waals surface area contributed by atoms with E-state index in [2.05, 4.69) is 48.1 Å². The molecule has 3 rings (SSSR count). The minimum atomic E-state index is -0.367. The Kier molecular flexibility index (Phi) is 4.33. The number of aryl methyl sites for hydroxylation is 1. The molecule has 2 aromatic rings. The van der Waals surface area contributed by atoms with Crippen LogP contribution < -0.4 is 10.6 Å². The molecule has 0 unspecified atom stereocenters. The Balaban J connectivity index is 1.91. The van der Waals surface area contributed by atoms with Crippen LogP contribution in [-0.4, -0.2) is 41.6 Å². The first-order valence-electron chi connectivity index (χ1n) is 7.28. The number of β-amino-alcohol motifs (C(OH)–C–C–N with tert-alkyl or cyclic N) is 1. The summed E-state index contributed by atoms with van der Waals surface area (Å²) in [4.78, 5) is 5.93. The molecule has 112 valence electrons. The normalized spacial score (nSPS) is 22.4. The summed E-state index contributed by atoms with van der Waals surface area (Å²) in [6, 6.07) is 8.52. The highest BCUT2D eigenvalue weighted by atomic mass is 32.2. The van der Waals surface area contributed by atoms with Crippen LogP contribution in [0.3, 0.4) is 0 Å². The van der Waals surface area contributed by atoms with Crippen molar-refractivity contribution in [3.05, 3.63) is 29.8 Å². The van der Waals surface area contributed by atoms with E-state index in [1.54, 1.807) is 11.8 Å². The van der Waals surface area contributed by atoms with Crippen molar-refractivity contribution in [1.82, 2.24) is 10.3 Å². The van der Waals surface area contributed by atoms with E-state index in [1.165, 1.54) is 15.8 Å². The summed E-state index contributed by atoms with van der Waals surface area (Å²) in [6.45, 7) is 3.67. The van der Waals surface area contributed by atoms with Crippen LogP contribution in [0.15, 0.2) is 29.2 Å². The van der Waals surface area contributed by atoms with Gasteiger partial charge in [0.25, 0.3) is 0 Å². The number of hydrogen-bond donors (Lipinski definition) is 3. The van der Waals surface area contributed by atoms with Crippen LogP contribution in [0, 0.1) is 6.92 Å². The summed E-state index contributed by atoms with van der Waals surface area (Å²) in [6.07, 6.45) is 2.61. The molecule has 0 spiro atoms. The van der Waals surface area contributed by atoms with Gasteiger partial charge in [-0.1, -0.05) is 6.07 Å². The van der Waals surface area contributed by atoms with Gasteiger partial charge < -0.3 is 15.7 Å². The van der Waals surface area contributed by atoms with E-state index in [4.69, 9.17) is 4.98 Å². The number of aliphatic hydroxyl groups excluding tert-OH is 1. The average molecular weight is 303 g/mol. The van der Waals surface area contributed by atoms with Gasteiger partial charge in [0.1, 0.15) is 5.82 Å². The Labute approximate surface area is 129 Å². The summed E-state index contributed by atoms with van der Waals surface area (Å²) in [5, 5.41) is 17.8. The molecule has 1 aliphatic heterocycles. The van der Waals surface area contributed by atoms with Crippen LogP contribution >= 0.6 is 11.8 Å². The van der Waals surface area contributed by atoms with Gasteiger partial charge in [-0.3, -0.25) is 0 Å². The minimum absolute atomic E-state index is 0.0688. The Morgan fingerprint density at radius 1 is 1.38 bits per heavy atom. The first-order chi connectivity index (χ1) is 10.2. The Bertz CT molecular complexity index is 647. The molecule has 0 radical (unpaired) electrons. The lowest BCUT2D eigenvalue weighted by molar-refractivity contribution is 0.128. The predicted octanol–water partition coefficient (Wildman–Crippen LogP) is 2.40. The van der Waals surface area contributed by atoms with E-state index in [-0.39, 0.29) is 12.1 Å². The summed E-state index contributed by atoms with van der Waals surface area (Å²) in [7, 11) is 0. The molecule has 0 amide bonds. The van der Waals surface area contributed by atoms with Gasteiger partial charge in [-0.2, -0.15) is 0 Å². The average Bonchev–Trinajstić information content (AvgIpc) is 2.49. The first kappa shape index (κ1) is 14.6. The Morgan fingerprint density at radius 3 is 3.00 bits per heavy atom. The summed E-state index contributed by atoms with van der Waals surface area (Å²) >= 11 is 1.72. The molecule has 3 N–H and O–H groups in total. The molecule has 1 aromatic heterocycles. The second kappa shape index (κ2) is 6.22. The molecule has 1 aromatic carbocycles. The lowest BCUT2D eigenvalue weighted by atomic mass is 10.0. The lowest BCUT2D eigenvalue weighted by Crippen LogP contribution is -2.47. The highest BCUT2D eigenvalue weighted by Crippen LogP contribution is 2.25. The summed E-state index contributed by atoms with van der Waals surface area (Å²) in [5.74, 6) is 0.851. The molecule has 0 bridgehead atoms. The smallest absolute Gasteiger partial charge is 0.127 e. The number of nitrogens with one attached hydrogen (secondary N) is 2. The second-order valence-corrected chi connectivity index (χ2v) is 6.40. The van der Waals surface area contributed by atoms with Crippen LogP contribution in [0.5, 0.6) is 0 Å². The zero-order valence-corrected chi connectivity index (χ0v) is 13.2. The second-order valence-electron chi connectivity index (χ2n) is 5.52. The Hall–Kier alpha value is -1.30. The third-order valence-corrected chi connectivity index (χ3v) is 4.73. The lowest BCUT2D eigenvalue weighted by Gasteiger charge is -2.29. The van der Waals surface area contributed by atoms with Crippen LogP contribution in [-0.2, 0) is 0 Å². The molecular formula is C16H21N3OS. The van der Waals surface area contributed by atoms with E-state index < -0.39 is 0 Å². The molecule has 5 heteroatoms. The number of hydrogen-bond acceptors (Lipinski definition) is 5. The van der Waals surface area contributed by atoms with Gasteiger partial charge in [0, 0.05) is 16.8 Å². The summed E-state index contributed by atoms with van der Waals surface area (Å²) in [5.41, 5.74) is 2.21. The monoisotopic (exact) mass is 303 g/mol. The van der Waals surface area contributed by atoms with E-state index in [0.29, 0.717) is 6.54 Å². The third kappa shape index (κ3) is 3.15. The first-order valence-corrected chi connectivity index (χ1v) is 8.50. The third-order valence-electron chi connectivity index (χ3n) is 4.01. The maximum absolute atomic E-state index is 10.0. The summed E-state index contributed by atoms with van der Waals surface area (Å²) < 4.78 is 0. The molecule has 1 fully saturated rings. The van der Waals surface area contributed by atoms with Crippen LogP contribution in [0.4, 0.5) is 5.82 Å². The predicted molar refractivity (Wildman–Crippen MR) is 89.2 cm³/mol. The van der Waals surface area contributed by atoms with Crippen molar-refractivity contribution >= 4 is 28.5 Å². The van der Waals surface area contributed by atoms with Gasteiger partial charge in [-0.25, -0.2) is 4.98 Å². The van der Waals surface area contributed by atoms with Crippen molar-refractivity contribution < 1.29 is 5.11 Å². The molecule has 2 atom stereocenters. The number of rotatable bonds is 3. The van der Waals surface area contributed by atoms with E-state index in [9.17, 15) is 5.11 Å². The van der Waals surface area contributed by atoms with Crippen LogP contribution in [0.25, 0.3) is 10.9 Å². The van der Waals surface area contributed by atoms with Crippen molar-refractivity contribution in [1.29, 1.82) is 0 Å². The van der Waals surface area contributed by atoms with Crippen molar-refractivity contribution in [2.24, 2.45) is 0 Å². The number of fused-ring (bicyclic) bond motifs is 1. The van der Waals surface area contributed by atoms with Crippen molar-refractivity contribution in [3.8, 4) is 0 Å². The SMILES string of the molecule is CSc1ccc2c(C)cc(N[C@@H]3CCNC[C@H]3O)nc2c1. The van der Waals surface area contributed by atoms with Crippen molar-refractivity contribution in [2.45, 2.75) is 30.4 Å². The number of anilines is 1. The van der Waals surface area contributed by atoms with Crippen molar-refractivity contribution in [3.63, 3.8) is 0 Å². The highest BCUT2D eigenvalue weighted by molar-refractivity contribution is 7.98. The molecule has 1 aliphatic rings. The topological polar surface area (TPSA) is 57.2 Å². The number of piperidine rings is 1. The fourth-order valence-electron chi connectivity index (χ4n) is 2.78. The zero-order valence-electron chi connectivity index (χ0n) is 12.4. The van der Waals surface area contributed by atoms with Crippen molar-refractivity contribution in [2.75, 3.05) is 24.7 Å². The molecular weight excluding hydrogens is 282 g/mol.